The van der Waals surface area contributed by atoms with Gasteiger partial charge in [0.2, 0.25) is 15.9 Å². The maximum absolute atomic E-state index is 12.6. The van der Waals surface area contributed by atoms with Gasteiger partial charge in [-0.3, -0.25) is 9.10 Å². The third kappa shape index (κ3) is 5.54. The Morgan fingerprint density at radius 2 is 1.62 bits per heavy atom. The fraction of sp³-hybridized carbons (Fsp3) is 0.350. The Bertz CT molecular complexity index is 961. The summed E-state index contributed by atoms with van der Waals surface area (Å²) < 4.78 is 41.4. The molecule has 2 aromatic carbocycles. The smallest absolute Gasteiger partial charge is 0.241 e. The van der Waals surface area contributed by atoms with E-state index in [2.05, 4.69) is 5.32 Å². The van der Waals surface area contributed by atoms with E-state index in [1.165, 1.54) is 20.3 Å². The normalized spacial score (nSPS) is 12.0. The van der Waals surface area contributed by atoms with Crippen LogP contribution in [0.3, 0.4) is 0 Å². The summed E-state index contributed by atoms with van der Waals surface area (Å²) in [6.45, 7) is 1.42. The van der Waals surface area contributed by atoms with Gasteiger partial charge in [-0.2, -0.15) is 0 Å². The fourth-order valence-corrected chi connectivity index (χ4v) is 3.75. The van der Waals surface area contributed by atoms with Gasteiger partial charge in [0, 0.05) is 11.6 Å². The molecule has 0 aliphatic heterocycles. The summed E-state index contributed by atoms with van der Waals surface area (Å²) >= 11 is 0. The minimum absolute atomic E-state index is 0.297. The summed E-state index contributed by atoms with van der Waals surface area (Å²) in [4.78, 5) is 12.6. The van der Waals surface area contributed by atoms with E-state index < -0.39 is 15.9 Å². The number of sulfonamides is 1. The number of nitrogens with one attached hydrogen (secondary N) is 1. The zero-order valence-electron chi connectivity index (χ0n) is 17.1. The van der Waals surface area contributed by atoms with Crippen molar-refractivity contribution >= 4 is 21.6 Å². The largest absolute Gasteiger partial charge is 0.496 e. The van der Waals surface area contributed by atoms with Crippen molar-refractivity contribution in [2.24, 2.45) is 0 Å². The van der Waals surface area contributed by atoms with Gasteiger partial charge >= 0.3 is 0 Å². The number of hydrogen-bond donors (Lipinski definition) is 1. The molecule has 9 heteroatoms. The van der Waals surface area contributed by atoms with Gasteiger partial charge in [-0.05, 0) is 25.1 Å². The molecule has 0 fully saturated rings. The van der Waals surface area contributed by atoms with E-state index in [4.69, 9.17) is 14.2 Å². The number of para-hydroxylation sites is 1. The molecule has 0 saturated carbocycles. The van der Waals surface area contributed by atoms with Crippen molar-refractivity contribution in [2.75, 3.05) is 38.4 Å². The number of benzene rings is 2. The molecule has 1 N–H and O–H groups in total. The highest BCUT2D eigenvalue weighted by atomic mass is 32.2. The minimum atomic E-state index is -3.72. The van der Waals surface area contributed by atoms with Crippen molar-refractivity contribution < 1.29 is 27.4 Å². The van der Waals surface area contributed by atoms with E-state index in [1.54, 1.807) is 32.2 Å². The molecule has 8 nitrogen and oxygen atoms in total. The minimum Gasteiger partial charge on any atom is -0.496 e. The second-order valence-corrected chi connectivity index (χ2v) is 8.25. The van der Waals surface area contributed by atoms with Crippen molar-refractivity contribution in [1.82, 2.24) is 5.32 Å². The molecule has 0 radical (unpaired) electrons. The summed E-state index contributed by atoms with van der Waals surface area (Å²) in [5.74, 6) is 1.00. The topological polar surface area (TPSA) is 94.2 Å². The van der Waals surface area contributed by atoms with Crippen LogP contribution in [-0.2, 0) is 14.8 Å². The first kappa shape index (κ1) is 22.4. The van der Waals surface area contributed by atoms with Gasteiger partial charge in [-0.15, -0.1) is 0 Å². The van der Waals surface area contributed by atoms with E-state index in [1.807, 2.05) is 18.2 Å². The molecule has 0 aliphatic carbocycles. The molecule has 1 amide bonds. The van der Waals surface area contributed by atoms with Gasteiger partial charge < -0.3 is 19.5 Å². The lowest BCUT2D eigenvalue weighted by Crippen LogP contribution is -2.41. The van der Waals surface area contributed by atoms with Crippen LogP contribution >= 0.6 is 0 Å². The molecule has 158 valence electrons. The van der Waals surface area contributed by atoms with Gasteiger partial charge in [-0.25, -0.2) is 8.42 Å². The highest BCUT2D eigenvalue weighted by molar-refractivity contribution is 7.92. The van der Waals surface area contributed by atoms with Crippen LogP contribution in [0.1, 0.15) is 18.5 Å². The third-order valence-corrected chi connectivity index (χ3v) is 5.47. The first-order valence-electron chi connectivity index (χ1n) is 8.83. The van der Waals surface area contributed by atoms with Crippen molar-refractivity contribution in [3.05, 3.63) is 48.0 Å². The number of carbonyl (C=O) groups excluding carboxylic acids is 1. The molecule has 0 bridgehead atoms. The average Bonchev–Trinajstić information content (AvgIpc) is 2.70. The molecular formula is C20H26N2O6S. The molecule has 0 unspecified atom stereocenters. The molecule has 0 spiro atoms. The average molecular weight is 423 g/mol. The van der Waals surface area contributed by atoms with Crippen LogP contribution in [0, 0.1) is 0 Å². The Kier molecular flexibility index (Phi) is 7.33. The van der Waals surface area contributed by atoms with E-state index in [9.17, 15) is 13.2 Å². The predicted molar refractivity (Wildman–Crippen MR) is 111 cm³/mol. The van der Waals surface area contributed by atoms with Crippen LogP contribution in [-0.4, -0.2) is 48.5 Å². The number of methoxy groups -OCH3 is 3. The summed E-state index contributed by atoms with van der Waals surface area (Å²) in [6.07, 6.45) is 1.04. The SMILES string of the molecule is COc1ccc(N(CC(=O)N[C@@H](C)c2ccccc2OC)S(C)(=O)=O)cc1OC. The number of amides is 1. The number of carbonyl (C=O) groups is 1. The number of nitrogens with zero attached hydrogens (tertiary/aromatic N) is 1. The van der Waals surface area contributed by atoms with Crippen LogP contribution in [0.15, 0.2) is 42.5 Å². The second-order valence-electron chi connectivity index (χ2n) is 6.34. The monoisotopic (exact) mass is 422 g/mol. The lowest BCUT2D eigenvalue weighted by molar-refractivity contribution is -0.120. The van der Waals surface area contributed by atoms with E-state index in [-0.39, 0.29) is 12.6 Å². The van der Waals surface area contributed by atoms with Gasteiger partial charge in [0.25, 0.3) is 0 Å². The Hall–Kier alpha value is -2.94. The maximum atomic E-state index is 12.6. The highest BCUT2D eigenvalue weighted by Crippen LogP contribution is 2.32. The standard InChI is InChI=1S/C20H26N2O6S/c1-14(16-8-6-7-9-17(16)26-2)21-20(23)13-22(29(5,24)25)15-10-11-18(27-3)19(12-15)28-4/h6-12,14H,13H2,1-5H3,(H,21,23)/t14-/m0/s1. The fourth-order valence-electron chi connectivity index (χ4n) is 2.90. The maximum Gasteiger partial charge on any atom is 0.241 e. The van der Waals surface area contributed by atoms with Crippen molar-refractivity contribution in [3.8, 4) is 17.2 Å². The van der Waals surface area contributed by atoms with Gasteiger partial charge in [0.1, 0.15) is 12.3 Å². The van der Waals surface area contributed by atoms with Crippen molar-refractivity contribution in [3.63, 3.8) is 0 Å². The molecule has 0 heterocycles. The van der Waals surface area contributed by atoms with Gasteiger partial charge in [-0.1, -0.05) is 18.2 Å². The second kappa shape index (κ2) is 9.51. The summed E-state index contributed by atoms with van der Waals surface area (Å²) in [6, 6.07) is 11.6. The Morgan fingerprint density at radius 3 is 2.21 bits per heavy atom. The molecular weight excluding hydrogens is 396 g/mol. The molecule has 2 aromatic rings. The first-order valence-corrected chi connectivity index (χ1v) is 10.7. The Balaban J connectivity index is 2.24. The van der Waals surface area contributed by atoms with Crippen molar-refractivity contribution in [1.29, 1.82) is 0 Å². The molecule has 1 atom stereocenters. The molecule has 29 heavy (non-hydrogen) atoms. The number of anilines is 1. The van der Waals surface area contributed by atoms with E-state index in [0.717, 1.165) is 16.1 Å². The third-order valence-electron chi connectivity index (χ3n) is 4.33. The van der Waals surface area contributed by atoms with Crippen LogP contribution in [0.25, 0.3) is 0 Å². The number of ether oxygens (including phenoxy) is 3. The summed E-state index contributed by atoms with van der Waals surface area (Å²) in [5.41, 5.74) is 1.09. The Labute approximate surface area is 171 Å². The number of hydrogen-bond acceptors (Lipinski definition) is 6. The lowest BCUT2D eigenvalue weighted by Gasteiger charge is -2.24. The van der Waals surface area contributed by atoms with E-state index in [0.29, 0.717) is 22.9 Å². The van der Waals surface area contributed by atoms with Crippen LogP contribution in [0.5, 0.6) is 17.2 Å². The molecule has 0 aliphatic rings. The Morgan fingerprint density at radius 1 is 1.00 bits per heavy atom. The van der Waals surface area contributed by atoms with Gasteiger partial charge in [0.05, 0.1) is 39.3 Å². The van der Waals surface area contributed by atoms with Crippen LogP contribution in [0.4, 0.5) is 5.69 Å². The molecule has 0 aromatic heterocycles. The van der Waals surface area contributed by atoms with Crippen LogP contribution in [0.2, 0.25) is 0 Å². The van der Waals surface area contributed by atoms with E-state index >= 15 is 0 Å². The number of rotatable bonds is 9. The zero-order chi connectivity index (χ0) is 21.6. The molecule has 2 rings (SSSR count). The predicted octanol–water partition coefficient (Wildman–Crippen LogP) is 2.36. The quantitative estimate of drug-likeness (QED) is 0.667. The summed E-state index contributed by atoms with van der Waals surface area (Å²) in [7, 11) is 0.769. The zero-order valence-corrected chi connectivity index (χ0v) is 17.9. The van der Waals surface area contributed by atoms with Crippen LogP contribution < -0.4 is 23.8 Å². The van der Waals surface area contributed by atoms with Gasteiger partial charge in [0.15, 0.2) is 11.5 Å². The summed E-state index contributed by atoms with van der Waals surface area (Å²) in [5, 5.41) is 2.81. The highest BCUT2D eigenvalue weighted by Gasteiger charge is 2.23. The molecule has 0 saturated heterocycles. The lowest BCUT2D eigenvalue weighted by atomic mass is 10.1. The first-order chi connectivity index (χ1) is 13.7. The van der Waals surface area contributed by atoms with Crippen molar-refractivity contribution in [2.45, 2.75) is 13.0 Å².